The van der Waals surface area contributed by atoms with Gasteiger partial charge in [0.05, 0.1) is 0 Å². The van der Waals surface area contributed by atoms with E-state index in [9.17, 15) is 4.79 Å². The van der Waals surface area contributed by atoms with Crippen molar-refractivity contribution in [3.05, 3.63) is 63.6 Å². The summed E-state index contributed by atoms with van der Waals surface area (Å²) in [6.07, 6.45) is 0. The third-order valence-electron chi connectivity index (χ3n) is 3.29. The van der Waals surface area contributed by atoms with E-state index in [0.717, 1.165) is 21.3 Å². The topological polar surface area (TPSA) is 29.1 Å². The van der Waals surface area contributed by atoms with E-state index in [0.29, 0.717) is 5.56 Å². The van der Waals surface area contributed by atoms with Crippen LogP contribution in [0, 0.1) is 6.92 Å². The Labute approximate surface area is 134 Å². The minimum atomic E-state index is -0.0869. The van der Waals surface area contributed by atoms with Crippen LogP contribution in [0.5, 0.6) is 0 Å². The maximum absolute atomic E-state index is 12.5. The van der Waals surface area contributed by atoms with Gasteiger partial charge in [-0.25, -0.2) is 0 Å². The highest BCUT2D eigenvalue weighted by molar-refractivity contribution is 9.10. The summed E-state index contributed by atoms with van der Waals surface area (Å²) in [6.45, 7) is 8.40. The number of carbonyl (C=O) groups is 1. The molecule has 0 saturated heterocycles. The normalized spacial score (nSPS) is 11.3. The Bertz CT molecular complexity index is 651. The van der Waals surface area contributed by atoms with Gasteiger partial charge in [0.2, 0.25) is 0 Å². The van der Waals surface area contributed by atoms with Crippen LogP contribution < -0.4 is 5.32 Å². The average Bonchev–Trinajstić information content (AvgIpc) is 2.37. The van der Waals surface area contributed by atoms with Crippen LogP contribution in [0.25, 0.3) is 0 Å². The molecule has 1 N–H and O–H groups in total. The number of amides is 1. The lowest BCUT2D eigenvalue weighted by Crippen LogP contribution is -2.18. The number of benzene rings is 2. The fourth-order valence-corrected chi connectivity index (χ4v) is 2.92. The van der Waals surface area contributed by atoms with E-state index in [-0.39, 0.29) is 11.3 Å². The van der Waals surface area contributed by atoms with E-state index in [1.165, 1.54) is 0 Å². The fourth-order valence-electron chi connectivity index (χ4n) is 2.31. The first-order valence-corrected chi connectivity index (χ1v) is 7.75. The molecule has 0 spiro atoms. The van der Waals surface area contributed by atoms with Crippen LogP contribution in [0.2, 0.25) is 0 Å². The molecule has 0 fully saturated rings. The lowest BCUT2D eigenvalue weighted by molar-refractivity contribution is 0.102. The zero-order valence-corrected chi connectivity index (χ0v) is 14.4. The van der Waals surface area contributed by atoms with Gasteiger partial charge in [0.15, 0.2) is 0 Å². The molecule has 2 aromatic carbocycles. The summed E-state index contributed by atoms with van der Waals surface area (Å²) < 4.78 is 0.914. The van der Waals surface area contributed by atoms with Crippen molar-refractivity contribution in [3.8, 4) is 0 Å². The molecule has 21 heavy (non-hydrogen) atoms. The average molecular weight is 346 g/mol. The molecule has 0 aliphatic heterocycles. The zero-order valence-electron chi connectivity index (χ0n) is 12.8. The number of carbonyl (C=O) groups excluding carboxylic acids is 1. The van der Waals surface area contributed by atoms with Gasteiger partial charge in [0, 0.05) is 15.7 Å². The molecule has 0 atom stereocenters. The standard InChI is InChI=1S/C18H20BrNO/c1-12-9-13(11-14(19)10-12)17(21)20-16-8-6-5-7-15(16)18(2,3)4/h5-11H,1-4H3,(H,20,21). The van der Waals surface area contributed by atoms with Gasteiger partial charge in [-0.2, -0.15) is 0 Å². The lowest BCUT2D eigenvalue weighted by atomic mass is 9.86. The lowest BCUT2D eigenvalue weighted by Gasteiger charge is -2.23. The third-order valence-corrected chi connectivity index (χ3v) is 3.75. The van der Waals surface area contributed by atoms with Gasteiger partial charge in [-0.15, -0.1) is 0 Å². The molecule has 0 aromatic heterocycles. The van der Waals surface area contributed by atoms with Crippen LogP contribution in [0.3, 0.4) is 0 Å². The van der Waals surface area contributed by atoms with E-state index in [2.05, 4.69) is 48.1 Å². The third kappa shape index (κ3) is 3.94. The van der Waals surface area contributed by atoms with Gasteiger partial charge in [0.1, 0.15) is 0 Å². The molecular weight excluding hydrogens is 326 g/mol. The number of halogens is 1. The quantitative estimate of drug-likeness (QED) is 0.785. The van der Waals surface area contributed by atoms with Crippen LogP contribution in [0.15, 0.2) is 46.9 Å². The molecule has 0 radical (unpaired) electrons. The number of hydrogen-bond acceptors (Lipinski definition) is 1. The molecule has 2 aromatic rings. The van der Waals surface area contributed by atoms with Gasteiger partial charge < -0.3 is 5.32 Å². The molecule has 0 heterocycles. The van der Waals surface area contributed by atoms with Gasteiger partial charge in [-0.1, -0.05) is 54.9 Å². The van der Waals surface area contributed by atoms with E-state index in [4.69, 9.17) is 0 Å². The Morgan fingerprint density at radius 2 is 1.76 bits per heavy atom. The SMILES string of the molecule is Cc1cc(Br)cc(C(=O)Nc2ccccc2C(C)(C)C)c1. The predicted octanol–water partition coefficient (Wildman–Crippen LogP) is 5.31. The van der Waals surface area contributed by atoms with Gasteiger partial charge in [-0.3, -0.25) is 4.79 Å². The van der Waals surface area contributed by atoms with Crippen LogP contribution in [-0.2, 0) is 5.41 Å². The molecule has 1 amide bonds. The summed E-state index contributed by atoms with van der Waals surface area (Å²) in [5.41, 5.74) is 3.69. The minimum absolute atomic E-state index is 0.0168. The Balaban J connectivity index is 2.32. The first kappa shape index (κ1) is 15.8. The summed E-state index contributed by atoms with van der Waals surface area (Å²) in [5.74, 6) is -0.0869. The summed E-state index contributed by atoms with van der Waals surface area (Å²) >= 11 is 3.43. The van der Waals surface area contributed by atoms with Crippen LogP contribution >= 0.6 is 15.9 Å². The molecule has 0 aliphatic rings. The number of nitrogens with one attached hydrogen (secondary N) is 1. The number of hydrogen-bond donors (Lipinski definition) is 1. The van der Waals surface area contributed by atoms with E-state index < -0.39 is 0 Å². The van der Waals surface area contributed by atoms with E-state index in [1.54, 1.807) is 0 Å². The molecule has 0 unspecified atom stereocenters. The Kier molecular flexibility index (Phi) is 4.52. The predicted molar refractivity (Wildman–Crippen MR) is 92.0 cm³/mol. The van der Waals surface area contributed by atoms with Crippen molar-refractivity contribution in [2.45, 2.75) is 33.1 Å². The number of aryl methyl sites for hydroxylation is 1. The Hall–Kier alpha value is -1.61. The summed E-state index contributed by atoms with van der Waals surface area (Å²) in [7, 11) is 0. The van der Waals surface area contributed by atoms with Gasteiger partial charge >= 0.3 is 0 Å². The minimum Gasteiger partial charge on any atom is -0.322 e. The Morgan fingerprint density at radius 3 is 2.38 bits per heavy atom. The fraction of sp³-hybridized carbons (Fsp3) is 0.278. The summed E-state index contributed by atoms with van der Waals surface area (Å²) in [6, 6.07) is 13.7. The second-order valence-electron chi connectivity index (χ2n) is 6.27. The second kappa shape index (κ2) is 6.02. The van der Waals surface area contributed by atoms with Crippen LogP contribution in [0.4, 0.5) is 5.69 Å². The zero-order chi connectivity index (χ0) is 15.6. The highest BCUT2D eigenvalue weighted by Gasteiger charge is 2.19. The molecule has 0 saturated carbocycles. The van der Waals surface area contributed by atoms with E-state index >= 15 is 0 Å². The van der Waals surface area contributed by atoms with Crippen LogP contribution in [0.1, 0.15) is 42.3 Å². The molecule has 110 valence electrons. The number of para-hydroxylation sites is 1. The van der Waals surface area contributed by atoms with Crippen molar-refractivity contribution in [2.24, 2.45) is 0 Å². The molecule has 0 bridgehead atoms. The molecule has 3 heteroatoms. The molecule has 0 aliphatic carbocycles. The highest BCUT2D eigenvalue weighted by atomic mass is 79.9. The molecule has 2 rings (SSSR count). The maximum Gasteiger partial charge on any atom is 0.255 e. The van der Waals surface area contributed by atoms with Crippen molar-refractivity contribution in [2.75, 3.05) is 5.32 Å². The highest BCUT2D eigenvalue weighted by Crippen LogP contribution is 2.29. The summed E-state index contributed by atoms with van der Waals surface area (Å²) in [5, 5.41) is 3.03. The van der Waals surface area contributed by atoms with Crippen molar-refractivity contribution in [3.63, 3.8) is 0 Å². The van der Waals surface area contributed by atoms with Crippen molar-refractivity contribution in [1.82, 2.24) is 0 Å². The Morgan fingerprint density at radius 1 is 1.10 bits per heavy atom. The summed E-state index contributed by atoms with van der Waals surface area (Å²) in [4.78, 5) is 12.5. The molecular formula is C18H20BrNO. The smallest absolute Gasteiger partial charge is 0.255 e. The monoisotopic (exact) mass is 345 g/mol. The second-order valence-corrected chi connectivity index (χ2v) is 7.18. The molecule has 2 nitrogen and oxygen atoms in total. The van der Waals surface area contributed by atoms with Gasteiger partial charge in [0.25, 0.3) is 5.91 Å². The van der Waals surface area contributed by atoms with Crippen molar-refractivity contribution in [1.29, 1.82) is 0 Å². The van der Waals surface area contributed by atoms with Gasteiger partial charge in [-0.05, 0) is 47.7 Å². The first-order chi connectivity index (χ1) is 9.77. The number of rotatable bonds is 2. The maximum atomic E-state index is 12.5. The number of anilines is 1. The van der Waals surface area contributed by atoms with Crippen molar-refractivity contribution >= 4 is 27.5 Å². The van der Waals surface area contributed by atoms with E-state index in [1.807, 2.05) is 43.3 Å². The largest absolute Gasteiger partial charge is 0.322 e. The van der Waals surface area contributed by atoms with Crippen LogP contribution in [-0.4, -0.2) is 5.91 Å². The van der Waals surface area contributed by atoms with Crippen molar-refractivity contribution < 1.29 is 4.79 Å². The first-order valence-electron chi connectivity index (χ1n) is 6.95.